The number of hydrogen-bond acceptors (Lipinski definition) is 3. The van der Waals surface area contributed by atoms with Crippen molar-refractivity contribution in [2.45, 2.75) is 13.0 Å². The van der Waals surface area contributed by atoms with E-state index in [2.05, 4.69) is 5.32 Å². The van der Waals surface area contributed by atoms with E-state index in [0.29, 0.717) is 16.4 Å². The van der Waals surface area contributed by atoms with E-state index in [1.807, 2.05) is 25.1 Å². The zero-order valence-electron chi connectivity index (χ0n) is 10.9. The number of carbonyl (C=O) groups is 1. The van der Waals surface area contributed by atoms with Gasteiger partial charge in [0.1, 0.15) is 0 Å². The average Bonchev–Trinajstić information content (AvgIpc) is 2.38. The Morgan fingerprint density at radius 2 is 2.05 bits per heavy atom. The molecule has 0 radical (unpaired) electrons. The van der Waals surface area contributed by atoms with E-state index >= 15 is 0 Å². The lowest BCUT2D eigenvalue weighted by Crippen LogP contribution is -2.11. The van der Waals surface area contributed by atoms with Gasteiger partial charge in [0.25, 0.3) is 0 Å². The zero-order chi connectivity index (χ0) is 14.7. The predicted octanol–water partition coefficient (Wildman–Crippen LogP) is 3.79. The van der Waals surface area contributed by atoms with Crippen LogP contribution in [0.1, 0.15) is 28.9 Å². The minimum atomic E-state index is -0.995. The smallest absolute Gasteiger partial charge is 0.337 e. The van der Waals surface area contributed by atoms with E-state index in [-0.39, 0.29) is 11.6 Å². The largest absolute Gasteiger partial charge is 0.478 e. The summed E-state index contributed by atoms with van der Waals surface area (Å²) in [4.78, 5) is 11.2. The first kappa shape index (κ1) is 14.2. The molecule has 1 unspecified atom stereocenters. The molecule has 2 aromatic rings. The monoisotopic (exact) mass is 290 g/mol. The van der Waals surface area contributed by atoms with Gasteiger partial charge in [0.2, 0.25) is 0 Å². The molecule has 0 heterocycles. The first-order valence-corrected chi connectivity index (χ1v) is 6.50. The third-order valence-corrected chi connectivity index (χ3v) is 3.23. The van der Waals surface area contributed by atoms with Crippen LogP contribution in [0.15, 0.2) is 42.5 Å². The number of nitrogens with one attached hydrogen (secondary N) is 1. The first-order valence-electron chi connectivity index (χ1n) is 6.12. The number of nitrogen functional groups attached to an aromatic ring is 1. The van der Waals surface area contributed by atoms with Crippen molar-refractivity contribution in [3.63, 3.8) is 0 Å². The summed E-state index contributed by atoms with van der Waals surface area (Å²) in [6.07, 6.45) is 0. The molecule has 2 aromatic carbocycles. The summed E-state index contributed by atoms with van der Waals surface area (Å²) >= 11 is 5.96. The quantitative estimate of drug-likeness (QED) is 0.749. The van der Waals surface area contributed by atoms with Gasteiger partial charge in [-0.1, -0.05) is 23.7 Å². The summed E-state index contributed by atoms with van der Waals surface area (Å²) in [6.45, 7) is 1.93. The second kappa shape index (κ2) is 5.84. The molecule has 0 bridgehead atoms. The summed E-state index contributed by atoms with van der Waals surface area (Å²) in [5.41, 5.74) is 7.87. The van der Waals surface area contributed by atoms with Gasteiger partial charge >= 0.3 is 5.97 Å². The van der Waals surface area contributed by atoms with Crippen LogP contribution in [-0.4, -0.2) is 11.1 Å². The molecule has 0 amide bonds. The molecule has 0 aliphatic rings. The van der Waals surface area contributed by atoms with Gasteiger partial charge in [0.15, 0.2) is 0 Å². The first-order chi connectivity index (χ1) is 9.47. The molecular formula is C15H15ClN2O2. The minimum Gasteiger partial charge on any atom is -0.478 e. The molecule has 4 nitrogen and oxygen atoms in total. The average molecular weight is 291 g/mol. The number of benzene rings is 2. The maximum atomic E-state index is 11.2. The Morgan fingerprint density at radius 3 is 2.70 bits per heavy atom. The van der Waals surface area contributed by atoms with Crippen LogP contribution in [-0.2, 0) is 0 Å². The highest BCUT2D eigenvalue weighted by Gasteiger charge is 2.13. The standard InChI is InChI=1S/C15H15ClN2O2/c1-9(10-3-2-4-11(16)7-10)18-14-8-12(17)5-6-13(14)15(19)20/h2-9,18H,17H2,1H3,(H,19,20). The van der Waals surface area contributed by atoms with E-state index in [9.17, 15) is 9.90 Å². The van der Waals surface area contributed by atoms with E-state index < -0.39 is 5.97 Å². The Morgan fingerprint density at radius 1 is 1.30 bits per heavy atom. The fraction of sp³-hybridized carbons (Fsp3) is 0.133. The van der Waals surface area contributed by atoms with E-state index in [0.717, 1.165) is 5.56 Å². The maximum absolute atomic E-state index is 11.2. The van der Waals surface area contributed by atoms with E-state index in [4.69, 9.17) is 17.3 Å². The van der Waals surface area contributed by atoms with Crippen molar-refractivity contribution in [3.8, 4) is 0 Å². The molecule has 0 aliphatic heterocycles. The molecule has 20 heavy (non-hydrogen) atoms. The number of anilines is 2. The number of halogens is 1. The van der Waals surface area contributed by atoms with Gasteiger partial charge in [-0.25, -0.2) is 4.79 Å². The van der Waals surface area contributed by atoms with Crippen molar-refractivity contribution >= 4 is 28.9 Å². The Balaban J connectivity index is 2.29. The second-order valence-corrected chi connectivity index (χ2v) is 4.97. The predicted molar refractivity (Wildman–Crippen MR) is 81.3 cm³/mol. The normalized spacial score (nSPS) is 11.9. The van der Waals surface area contributed by atoms with Gasteiger partial charge in [-0.05, 0) is 42.8 Å². The van der Waals surface area contributed by atoms with E-state index in [1.54, 1.807) is 18.2 Å². The fourth-order valence-corrected chi connectivity index (χ4v) is 2.16. The fourth-order valence-electron chi connectivity index (χ4n) is 1.96. The molecule has 2 rings (SSSR count). The van der Waals surface area contributed by atoms with Crippen LogP contribution in [0.4, 0.5) is 11.4 Å². The Bertz CT molecular complexity index is 644. The lowest BCUT2D eigenvalue weighted by atomic mass is 10.1. The van der Waals surface area contributed by atoms with Crippen molar-refractivity contribution in [2.75, 3.05) is 11.1 Å². The van der Waals surface area contributed by atoms with Gasteiger partial charge in [0, 0.05) is 16.8 Å². The van der Waals surface area contributed by atoms with Crippen LogP contribution in [0.5, 0.6) is 0 Å². The van der Waals surface area contributed by atoms with Gasteiger partial charge in [-0.3, -0.25) is 0 Å². The highest BCUT2D eigenvalue weighted by molar-refractivity contribution is 6.30. The molecule has 4 N–H and O–H groups in total. The summed E-state index contributed by atoms with van der Waals surface area (Å²) in [6, 6.07) is 12.0. The number of carboxylic acids is 1. The lowest BCUT2D eigenvalue weighted by Gasteiger charge is -2.18. The Labute approximate surface area is 122 Å². The maximum Gasteiger partial charge on any atom is 0.337 e. The van der Waals surface area contributed by atoms with Crippen molar-refractivity contribution in [2.24, 2.45) is 0 Å². The third kappa shape index (κ3) is 3.22. The SMILES string of the molecule is CC(Nc1cc(N)ccc1C(=O)O)c1cccc(Cl)c1. The van der Waals surface area contributed by atoms with Gasteiger partial charge in [-0.15, -0.1) is 0 Å². The van der Waals surface area contributed by atoms with Crippen LogP contribution in [0.25, 0.3) is 0 Å². The van der Waals surface area contributed by atoms with Gasteiger partial charge in [0.05, 0.1) is 11.3 Å². The second-order valence-electron chi connectivity index (χ2n) is 4.53. The van der Waals surface area contributed by atoms with Crippen LogP contribution in [0.3, 0.4) is 0 Å². The molecule has 0 spiro atoms. The minimum absolute atomic E-state index is 0.0893. The lowest BCUT2D eigenvalue weighted by molar-refractivity contribution is 0.0698. The van der Waals surface area contributed by atoms with Gasteiger partial charge < -0.3 is 16.2 Å². The number of nitrogens with two attached hydrogens (primary N) is 1. The molecular weight excluding hydrogens is 276 g/mol. The molecule has 0 fully saturated rings. The van der Waals surface area contributed by atoms with Crippen LogP contribution in [0.2, 0.25) is 5.02 Å². The number of rotatable bonds is 4. The van der Waals surface area contributed by atoms with Crippen LogP contribution in [0, 0.1) is 0 Å². The molecule has 0 aliphatic carbocycles. The third-order valence-electron chi connectivity index (χ3n) is 2.99. The number of carboxylic acid groups (broad SMARTS) is 1. The van der Waals surface area contributed by atoms with Crippen LogP contribution < -0.4 is 11.1 Å². The van der Waals surface area contributed by atoms with Crippen molar-refractivity contribution in [1.82, 2.24) is 0 Å². The Hall–Kier alpha value is -2.20. The molecule has 5 heteroatoms. The summed E-state index contributed by atoms with van der Waals surface area (Å²) in [5, 5.41) is 13.0. The van der Waals surface area contributed by atoms with Crippen molar-refractivity contribution in [3.05, 3.63) is 58.6 Å². The molecule has 0 aromatic heterocycles. The van der Waals surface area contributed by atoms with E-state index in [1.165, 1.54) is 6.07 Å². The summed E-state index contributed by atoms with van der Waals surface area (Å²) in [7, 11) is 0. The summed E-state index contributed by atoms with van der Waals surface area (Å²) < 4.78 is 0. The Kier molecular flexibility index (Phi) is 4.15. The molecule has 104 valence electrons. The number of hydrogen-bond donors (Lipinski definition) is 3. The summed E-state index contributed by atoms with van der Waals surface area (Å²) in [5.74, 6) is -0.995. The number of aromatic carboxylic acids is 1. The van der Waals surface area contributed by atoms with Crippen molar-refractivity contribution in [1.29, 1.82) is 0 Å². The topological polar surface area (TPSA) is 75.3 Å². The van der Waals surface area contributed by atoms with Crippen molar-refractivity contribution < 1.29 is 9.90 Å². The zero-order valence-corrected chi connectivity index (χ0v) is 11.7. The highest BCUT2D eigenvalue weighted by Crippen LogP contribution is 2.26. The highest BCUT2D eigenvalue weighted by atomic mass is 35.5. The molecule has 0 saturated heterocycles. The van der Waals surface area contributed by atoms with Crippen LogP contribution >= 0.6 is 11.6 Å². The van der Waals surface area contributed by atoms with Gasteiger partial charge in [-0.2, -0.15) is 0 Å². The molecule has 0 saturated carbocycles. The molecule has 1 atom stereocenters.